The van der Waals surface area contributed by atoms with Gasteiger partial charge in [-0.15, -0.1) is 0 Å². The van der Waals surface area contributed by atoms with Crippen LogP contribution in [0.4, 0.5) is 33.0 Å². The number of nitrogens with two attached hydrogens (primary N) is 2. The third kappa shape index (κ3) is 6.59. The number of anilines is 1. The van der Waals surface area contributed by atoms with Crippen LogP contribution in [0.2, 0.25) is 0 Å². The van der Waals surface area contributed by atoms with Crippen LogP contribution in [0.25, 0.3) is 11.5 Å². The van der Waals surface area contributed by atoms with E-state index in [1.54, 1.807) is 0 Å². The van der Waals surface area contributed by atoms with E-state index in [1.165, 1.54) is 13.0 Å². The number of amides is 4. The fraction of sp³-hybridized carbons (Fsp3) is 0.182. The highest BCUT2D eigenvalue weighted by atomic mass is 19.3. The van der Waals surface area contributed by atoms with E-state index < -0.39 is 65.5 Å². The maximum absolute atomic E-state index is 14.2. The van der Waals surface area contributed by atoms with E-state index in [2.05, 4.69) is 20.4 Å². The number of phenols is 1. The Kier molecular flexibility index (Phi) is 8.24. The Labute approximate surface area is 210 Å². The predicted octanol–water partition coefficient (Wildman–Crippen LogP) is 3.43. The number of aromatic hydroxyl groups is 1. The standard InChI is InChI=1S/C22H19F4N5O7/c1-8(36-21(28)34)16-18(30-19(38-16)9-2-5-14(13(32)6-9)37-20(25)26)31-22(35)29-15(17(27)33)11-4-3-10(23)7-12(11)24/h2-8,15,20,32H,1H3,(H2,27,33)(H2,28,34)(H2,29,31,35). The number of urea groups is 1. The Morgan fingerprint density at radius 1 is 1.11 bits per heavy atom. The first-order valence-electron chi connectivity index (χ1n) is 10.4. The number of primary amides is 2. The van der Waals surface area contributed by atoms with E-state index in [-0.39, 0.29) is 23.0 Å². The number of nitrogens with one attached hydrogen (secondary N) is 2. The summed E-state index contributed by atoms with van der Waals surface area (Å²) in [5.74, 6) is -5.43. The first kappa shape index (κ1) is 27.6. The van der Waals surface area contributed by atoms with Gasteiger partial charge in [-0.25, -0.2) is 18.4 Å². The Morgan fingerprint density at radius 3 is 2.39 bits per heavy atom. The molecule has 0 aliphatic carbocycles. The highest BCUT2D eigenvalue weighted by Gasteiger charge is 2.28. The van der Waals surface area contributed by atoms with Gasteiger partial charge in [0.2, 0.25) is 11.8 Å². The van der Waals surface area contributed by atoms with Gasteiger partial charge in [0.05, 0.1) is 0 Å². The molecule has 3 rings (SSSR count). The second-order valence-electron chi connectivity index (χ2n) is 7.47. The Bertz CT molecular complexity index is 1370. The van der Waals surface area contributed by atoms with E-state index in [4.69, 9.17) is 20.6 Å². The van der Waals surface area contributed by atoms with Crippen LogP contribution in [0.15, 0.2) is 40.8 Å². The van der Waals surface area contributed by atoms with Gasteiger partial charge in [-0.05, 0) is 31.2 Å². The van der Waals surface area contributed by atoms with Crippen molar-refractivity contribution < 1.29 is 50.9 Å². The minimum atomic E-state index is -3.20. The summed E-state index contributed by atoms with van der Waals surface area (Å²) >= 11 is 0. The summed E-state index contributed by atoms with van der Waals surface area (Å²) in [6.45, 7) is -1.90. The normalized spacial score (nSPS) is 12.5. The van der Waals surface area contributed by atoms with Gasteiger partial charge in [0.25, 0.3) is 0 Å². The van der Waals surface area contributed by atoms with Crippen molar-refractivity contribution >= 4 is 23.8 Å². The van der Waals surface area contributed by atoms with Crippen molar-refractivity contribution in [3.63, 3.8) is 0 Å². The number of hydrogen-bond donors (Lipinski definition) is 5. The molecule has 16 heteroatoms. The van der Waals surface area contributed by atoms with Gasteiger partial charge >= 0.3 is 18.7 Å². The number of phenolic OH excluding ortho intramolecular Hbond substituents is 1. The second kappa shape index (κ2) is 11.4. The average molecular weight is 541 g/mol. The lowest BCUT2D eigenvalue weighted by Gasteiger charge is -2.17. The molecule has 4 amide bonds. The number of halogens is 4. The van der Waals surface area contributed by atoms with Crippen molar-refractivity contribution in [1.29, 1.82) is 0 Å². The minimum absolute atomic E-state index is 0.0218. The molecule has 0 aliphatic heterocycles. The highest BCUT2D eigenvalue weighted by Crippen LogP contribution is 2.36. The number of rotatable bonds is 9. The summed E-state index contributed by atoms with van der Waals surface area (Å²) < 4.78 is 66.8. The van der Waals surface area contributed by atoms with E-state index in [9.17, 15) is 37.1 Å². The zero-order valence-electron chi connectivity index (χ0n) is 19.2. The van der Waals surface area contributed by atoms with Gasteiger partial charge in [-0.1, -0.05) is 6.07 Å². The molecule has 2 unspecified atom stereocenters. The van der Waals surface area contributed by atoms with Gasteiger partial charge in [0, 0.05) is 17.2 Å². The van der Waals surface area contributed by atoms with Crippen LogP contribution in [-0.4, -0.2) is 34.7 Å². The number of carbonyl (C=O) groups is 3. The van der Waals surface area contributed by atoms with Crippen molar-refractivity contribution in [3.05, 3.63) is 59.4 Å². The molecule has 3 aromatic rings. The quantitative estimate of drug-likeness (QED) is 0.254. The number of alkyl halides is 2. The predicted molar refractivity (Wildman–Crippen MR) is 120 cm³/mol. The van der Waals surface area contributed by atoms with Gasteiger partial charge in [0.15, 0.2) is 29.2 Å². The molecule has 0 spiro atoms. The molecule has 0 saturated heterocycles. The molecule has 0 radical (unpaired) electrons. The fourth-order valence-electron chi connectivity index (χ4n) is 3.21. The summed E-state index contributed by atoms with van der Waals surface area (Å²) in [4.78, 5) is 39.8. The molecule has 38 heavy (non-hydrogen) atoms. The van der Waals surface area contributed by atoms with Gasteiger partial charge in [0.1, 0.15) is 17.7 Å². The molecule has 0 fully saturated rings. The maximum atomic E-state index is 14.2. The molecule has 0 aliphatic rings. The highest BCUT2D eigenvalue weighted by molar-refractivity contribution is 5.93. The number of carbonyl (C=O) groups excluding carboxylic acids is 3. The molecule has 202 valence electrons. The van der Waals surface area contributed by atoms with Crippen LogP contribution in [0.5, 0.6) is 11.5 Å². The van der Waals surface area contributed by atoms with Crippen molar-refractivity contribution in [2.75, 3.05) is 5.32 Å². The maximum Gasteiger partial charge on any atom is 0.405 e. The third-order valence-corrected chi connectivity index (χ3v) is 4.80. The van der Waals surface area contributed by atoms with Crippen LogP contribution in [0.1, 0.15) is 30.4 Å². The zero-order valence-corrected chi connectivity index (χ0v) is 19.2. The Balaban J connectivity index is 1.92. The number of nitrogens with zero attached hydrogens (tertiary/aromatic N) is 1. The van der Waals surface area contributed by atoms with E-state index in [0.717, 1.165) is 24.3 Å². The van der Waals surface area contributed by atoms with Crippen molar-refractivity contribution in [2.24, 2.45) is 11.5 Å². The number of ether oxygens (including phenoxy) is 2. The summed E-state index contributed by atoms with van der Waals surface area (Å²) in [5, 5.41) is 14.3. The van der Waals surface area contributed by atoms with Crippen LogP contribution in [-0.2, 0) is 9.53 Å². The SMILES string of the molecule is CC(OC(N)=O)c1oc(-c2ccc(OC(F)F)c(O)c2)nc1NC(=O)NC(C(N)=O)c1ccc(F)cc1F. The lowest BCUT2D eigenvalue weighted by molar-refractivity contribution is -0.120. The second-order valence-corrected chi connectivity index (χ2v) is 7.47. The molecule has 7 N–H and O–H groups in total. The molecule has 2 atom stereocenters. The lowest BCUT2D eigenvalue weighted by Crippen LogP contribution is -2.40. The lowest BCUT2D eigenvalue weighted by atomic mass is 10.1. The molecule has 2 aromatic carbocycles. The minimum Gasteiger partial charge on any atom is -0.504 e. The first-order chi connectivity index (χ1) is 17.8. The van der Waals surface area contributed by atoms with E-state index >= 15 is 0 Å². The number of hydrogen-bond acceptors (Lipinski definition) is 8. The molecular formula is C22H19F4N5O7. The number of benzene rings is 2. The molecule has 0 saturated carbocycles. The van der Waals surface area contributed by atoms with Crippen LogP contribution < -0.4 is 26.8 Å². The number of oxazole rings is 1. The zero-order chi connectivity index (χ0) is 28.1. The smallest absolute Gasteiger partial charge is 0.405 e. The molecule has 1 aromatic heterocycles. The first-order valence-corrected chi connectivity index (χ1v) is 10.4. The fourth-order valence-corrected chi connectivity index (χ4v) is 3.21. The third-order valence-electron chi connectivity index (χ3n) is 4.80. The van der Waals surface area contributed by atoms with Gasteiger partial charge in [-0.2, -0.15) is 13.8 Å². The number of aromatic nitrogens is 1. The van der Waals surface area contributed by atoms with Gasteiger partial charge in [-0.3, -0.25) is 10.1 Å². The topological polar surface area (TPSA) is 192 Å². The molecule has 0 bridgehead atoms. The summed E-state index contributed by atoms with van der Waals surface area (Å²) in [6.07, 6.45) is -2.45. The van der Waals surface area contributed by atoms with E-state index in [0.29, 0.717) is 6.07 Å². The monoisotopic (exact) mass is 541 g/mol. The molecule has 12 nitrogen and oxygen atoms in total. The van der Waals surface area contributed by atoms with Crippen molar-refractivity contribution in [3.8, 4) is 23.0 Å². The van der Waals surface area contributed by atoms with Crippen LogP contribution >= 0.6 is 0 Å². The van der Waals surface area contributed by atoms with Crippen LogP contribution in [0.3, 0.4) is 0 Å². The van der Waals surface area contributed by atoms with Crippen LogP contribution in [0, 0.1) is 11.6 Å². The summed E-state index contributed by atoms with van der Waals surface area (Å²) in [7, 11) is 0. The molecule has 1 heterocycles. The largest absolute Gasteiger partial charge is 0.504 e. The average Bonchev–Trinajstić information content (AvgIpc) is 3.22. The summed E-state index contributed by atoms with van der Waals surface area (Å²) in [5.41, 5.74) is 9.87. The summed E-state index contributed by atoms with van der Waals surface area (Å²) in [6, 6.07) is 2.52. The van der Waals surface area contributed by atoms with Crippen molar-refractivity contribution in [1.82, 2.24) is 10.3 Å². The van der Waals surface area contributed by atoms with Gasteiger partial charge < -0.3 is 35.8 Å². The van der Waals surface area contributed by atoms with E-state index in [1.807, 2.05) is 0 Å². The Morgan fingerprint density at radius 2 is 1.82 bits per heavy atom. The van der Waals surface area contributed by atoms with Crippen molar-refractivity contribution in [2.45, 2.75) is 25.7 Å². The molecular weight excluding hydrogens is 522 g/mol. The Hall–Kier alpha value is -5.02.